The third kappa shape index (κ3) is 8.27. The fraction of sp³-hybridized carbons (Fsp3) is 0.229. The normalized spacial score (nSPS) is 13.2. The molecule has 2 aromatic heterocycles. The number of aryl methyl sites for hydroxylation is 1. The lowest BCUT2D eigenvalue weighted by molar-refractivity contribution is 0.0619. The Bertz CT molecular complexity index is 1900. The van der Waals surface area contributed by atoms with Crippen LogP contribution in [0.2, 0.25) is 10.0 Å². The fourth-order valence-electron chi connectivity index (χ4n) is 5.43. The SMILES string of the molecule is Br.Cn1c(C(=O)N2CCN(Cc3ccc(OCCF)cc3)CC2)cc2ccc(Oc3ccc(NC(=O)c4ccc(Cl)c(Cl)c4)cn3)cc21. The minimum Gasteiger partial charge on any atom is -0.491 e. The van der Waals surface area contributed by atoms with Gasteiger partial charge in [-0.15, -0.1) is 17.0 Å². The highest BCUT2D eigenvalue weighted by Crippen LogP contribution is 2.28. The summed E-state index contributed by atoms with van der Waals surface area (Å²) in [5, 5.41) is 4.37. The first kappa shape index (κ1) is 35.2. The number of nitrogens with zero attached hydrogens (tertiary/aromatic N) is 4. The molecule has 0 saturated carbocycles. The molecule has 0 spiro atoms. The van der Waals surface area contributed by atoms with Crippen molar-refractivity contribution in [3.8, 4) is 17.4 Å². The Morgan fingerprint density at radius 3 is 2.33 bits per heavy atom. The van der Waals surface area contributed by atoms with E-state index in [-0.39, 0.29) is 35.4 Å². The summed E-state index contributed by atoms with van der Waals surface area (Å²) >= 11 is 12.0. The summed E-state index contributed by atoms with van der Waals surface area (Å²) in [6.45, 7) is 3.09. The second kappa shape index (κ2) is 15.8. The minimum atomic E-state index is -0.513. The van der Waals surface area contributed by atoms with Gasteiger partial charge in [-0.1, -0.05) is 35.3 Å². The van der Waals surface area contributed by atoms with E-state index in [1.165, 1.54) is 12.3 Å². The van der Waals surface area contributed by atoms with Crippen LogP contribution < -0.4 is 14.8 Å². The third-order valence-corrected chi connectivity index (χ3v) is 8.71. The van der Waals surface area contributed by atoms with Crippen LogP contribution in [0.15, 0.2) is 85.1 Å². The smallest absolute Gasteiger partial charge is 0.270 e. The Labute approximate surface area is 297 Å². The number of rotatable bonds is 10. The number of aromatic nitrogens is 2. The molecule has 1 fully saturated rings. The molecule has 5 aromatic rings. The van der Waals surface area contributed by atoms with Crippen LogP contribution in [-0.4, -0.2) is 70.6 Å². The predicted octanol–water partition coefficient (Wildman–Crippen LogP) is 7.81. The van der Waals surface area contributed by atoms with E-state index >= 15 is 0 Å². The topological polar surface area (TPSA) is 88.9 Å². The maximum atomic E-state index is 13.5. The summed E-state index contributed by atoms with van der Waals surface area (Å²) in [4.78, 5) is 34.6. The molecule has 1 aliphatic heterocycles. The van der Waals surface area contributed by atoms with Crippen LogP contribution in [0.5, 0.6) is 17.4 Å². The first-order chi connectivity index (χ1) is 22.8. The highest BCUT2D eigenvalue weighted by atomic mass is 79.9. The molecule has 48 heavy (non-hydrogen) atoms. The van der Waals surface area contributed by atoms with Gasteiger partial charge >= 0.3 is 0 Å². The van der Waals surface area contributed by atoms with Gasteiger partial charge in [-0.25, -0.2) is 9.37 Å². The molecule has 2 amide bonds. The van der Waals surface area contributed by atoms with E-state index in [0.717, 1.165) is 36.1 Å². The predicted molar refractivity (Wildman–Crippen MR) is 191 cm³/mol. The van der Waals surface area contributed by atoms with Gasteiger partial charge in [0.2, 0.25) is 5.88 Å². The van der Waals surface area contributed by atoms with E-state index < -0.39 is 6.67 Å². The number of nitrogens with one attached hydrogen (secondary N) is 1. The standard InChI is InChI=1S/C35H32Cl2FN5O4.BrH/c1-41-31-20-28(47-33-11-6-26(21-39-33)40-34(44)25-5-10-29(36)30(37)18-25)9-4-24(31)19-32(41)35(45)43-15-13-42(14-16-43)22-23-2-7-27(8-3-23)46-17-12-38;/h2-11,18-21H,12-17,22H2,1H3,(H,40,44);1H. The summed E-state index contributed by atoms with van der Waals surface area (Å²) < 4.78 is 25.5. The van der Waals surface area contributed by atoms with Gasteiger partial charge in [0.15, 0.2) is 0 Å². The second-order valence-electron chi connectivity index (χ2n) is 11.1. The highest BCUT2D eigenvalue weighted by Gasteiger charge is 2.25. The van der Waals surface area contributed by atoms with Crippen LogP contribution in [-0.2, 0) is 13.6 Å². The van der Waals surface area contributed by atoms with Crippen LogP contribution >= 0.6 is 40.2 Å². The van der Waals surface area contributed by atoms with E-state index in [1.807, 2.05) is 65.0 Å². The number of carbonyl (C=O) groups is 2. The number of fused-ring (bicyclic) bond motifs is 1. The zero-order valence-corrected chi connectivity index (χ0v) is 29.2. The van der Waals surface area contributed by atoms with Crippen LogP contribution in [0.3, 0.4) is 0 Å². The molecule has 250 valence electrons. The molecular formula is C35H33BrCl2FN5O4. The number of anilines is 1. The van der Waals surface area contributed by atoms with Gasteiger partial charge in [0, 0.05) is 62.9 Å². The van der Waals surface area contributed by atoms with Crippen molar-refractivity contribution in [1.82, 2.24) is 19.4 Å². The molecule has 6 rings (SSSR count). The van der Waals surface area contributed by atoms with Crippen molar-refractivity contribution in [3.63, 3.8) is 0 Å². The van der Waals surface area contributed by atoms with Crippen LogP contribution in [0.1, 0.15) is 26.4 Å². The zero-order chi connectivity index (χ0) is 32.9. The molecule has 1 saturated heterocycles. The number of hydrogen-bond acceptors (Lipinski definition) is 6. The number of alkyl halides is 1. The van der Waals surface area contributed by atoms with Gasteiger partial charge in [-0.05, 0) is 60.2 Å². The average Bonchev–Trinajstić information content (AvgIpc) is 3.41. The number of carbonyl (C=O) groups excluding carboxylic acids is 2. The average molecular weight is 757 g/mol. The van der Waals surface area contributed by atoms with E-state index in [0.29, 0.717) is 57.5 Å². The zero-order valence-electron chi connectivity index (χ0n) is 26.0. The molecule has 0 unspecified atom stereocenters. The maximum absolute atomic E-state index is 13.5. The van der Waals surface area contributed by atoms with Crippen LogP contribution in [0, 0.1) is 0 Å². The van der Waals surface area contributed by atoms with Crippen LogP contribution in [0.25, 0.3) is 10.9 Å². The van der Waals surface area contributed by atoms with Gasteiger partial charge in [0.05, 0.1) is 27.4 Å². The first-order valence-electron chi connectivity index (χ1n) is 15.1. The molecule has 0 aliphatic carbocycles. The molecule has 0 atom stereocenters. The lowest BCUT2D eigenvalue weighted by Crippen LogP contribution is -2.48. The number of benzene rings is 3. The summed E-state index contributed by atoms with van der Waals surface area (Å²) in [5.74, 6) is 1.21. The van der Waals surface area contributed by atoms with Gasteiger partial charge in [0.25, 0.3) is 11.8 Å². The van der Waals surface area contributed by atoms with Crippen molar-refractivity contribution >= 4 is 68.6 Å². The monoisotopic (exact) mass is 755 g/mol. The van der Waals surface area contributed by atoms with Crippen LogP contribution in [0.4, 0.5) is 10.1 Å². The molecule has 1 N–H and O–H groups in total. The number of pyridine rings is 1. The Hall–Kier alpha value is -4.16. The summed E-state index contributed by atoms with van der Waals surface area (Å²) in [5.41, 5.74) is 3.47. The summed E-state index contributed by atoms with van der Waals surface area (Å²) in [7, 11) is 1.88. The maximum Gasteiger partial charge on any atom is 0.270 e. The Kier molecular flexibility index (Phi) is 11.6. The number of ether oxygens (including phenoxy) is 2. The quantitative estimate of drug-likeness (QED) is 0.157. The molecule has 1 aliphatic rings. The largest absolute Gasteiger partial charge is 0.491 e. The molecular weight excluding hydrogens is 724 g/mol. The van der Waals surface area contributed by atoms with Gasteiger partial charge in [0.1, 0.15) is 30.5 Å². The fourth-order valence-corrected chi connectivity index (χ4v) is 5.73. The van der Waals surface area contributed by atoms with E-state index in [2.05, 4.69) is 15.2 Å². The van der Waals surface area contributed by atoms with Crippen molar-refractivity contribution in [2.24, 2.45) is 7.05 Å². The van der Waals surface area contributed by atoms with E-state index in [9.17, 15) is 14.0 Å². The lowest BCUT2D eigenvalue weighted by Gasteiger charge is -2.34. The van der Waals surface area contributed by atoms with Gasteiger partial charge < -0.3 is 24.3 Å². The summed E-state index contributed by atoms with van der Waals surface area (Å²) in [6, 6.07) is 23.2. The highest BCUT2D eigenvalue weighted by molar-refractivity contribution is 8.93. The Morgan fingerprint density at radius 2 is 1.65 bits per heavy atom. The van der Waals surface area contributed by atoms with Crippen molar-refractivity contribution in [2.75, 3.05) is 44.8 Å². The van der Waals surface area contributed by atoms with Gasteiger partial charge in [-0.2, -0.15) is 0 Å². The van der Waals surface area contributed by atoms with E-state index in [4.69, 9.17) is 32.7 Å². The number of piperazine rings is 1. The van der Waals surface area contributed by atoms with Crippen molar-refractivity contribution in [2.45, 2.75) is 6.54 Å². The minimum absolute atomic E-state index is 0. The van der Waals surface area contributed by atoms with Crippen molar-refractivity contribution in [1.29, 1.82) is 0 Å². The lowest BCUT2D eigenvalue weighted by atomic mass is 10.2. The van der Waals surface area contributed by atoms with Crippen molar-refractivity contribution in [3.05, 3.63) is 112 Å². The molecule has 0 radical (unpaired) electrons. The summed E-state index contributed by atoms with van der Waals surface area (Å²) in [6.07, 6.45) is 1.50. The van der Waals surface area contributed by atoms with E-state index in [1.54, 1.807) is 24.3 Å². The molecule has 9 nitrogen and oxygen atoms in total. The molecule has 3 heterocycles. The number of amides is 2. The Balaban J connectivity index is 0.00000451. The van der Waals surface area contributed by atoms with Crippen molar-refractivity contribution < 1.29 is 23.5 Å². The van der Waals surface area contributed by atoms with Gasteiger partial charge in [-0.3, -0.25) is 14.5 Å². The third-order valence-electron chi connectivity index (χ3n) is 7.97. The first-order valence-corrected chi connectivity index (χ1v) is 15.8. The molecule has 0 bridgehead atoms. The molecule has 13 heteroatoms. The molecule has 3 aromatic carbocycles. The Morgan fingerprint density at radius 1 is 0.896 bits per heavy atom. The number of hydrogen-bond donors (Lipinski definition) is 1. The second-order valence-corrected chi connectivity index (χ2v) is 11.9. The number of halogens is 4.